The topological polar surface area (TPSA) is 48.0 Å². The third-order valence-electron chi connectivity index (χ3n) is 4.60. The van der Waals surface area contributed by atoms with Gasteiger partial charge >= 0.3 is 0 Å². The number of benzene rings is 1. The van der Waals surface area contributed by atoms with Crippen LogP contribution in [0.4, 0.5) is 0 Å². The average Bonchev–Trinajstić information content (AvgIpc) is 2.51. The first-order chi connectivity index (χ1) is 10.1. The summed E-state index contributed by atoms with van der Waals surface area (Å²) in [4.78, 5) is 12.4. The van der Waals surface area contributed by atoms with Crippen molar-refractivity contribution in [3.63, 3.8) is 0 Å². The second-order valence-electron chi connectivity index (χ2n) is 5.95. The summed E-state index contributed by atoms with van der Waals surface area (Å²) in [5.74, 6) is 0. The van der Waals surface area contributed by atoms with Crippen LogP contribution in [0.2, 0.25) is 0 Å². The van der Waals surface area contributed by atoms with E-state index in [9.17, 15) is 4.79 Å². The van der Waals surface area contributed by atoms with E-state index in [1.807, 2.05) is 14.0 Å². The van der Waals surface area contributed by atoms with E-state index in [1.165, 1.54) is 30.4 Å². The number of hydrogen-bond acceptors (Lipinski definition) is 2. The Hall–Kier alpha value is -1.87. The smallest absolute Gasteiger partial charge is 0.255 e. The van der Waals surface area contributed by atoms with E-state index in [0.29, 0.717) is 12.1 Å². The summed E-state index contributed by atoms with van der Waals surface area (Å²) >= 11 is 0. The maximum absolute atomic E-state index is 12.4. The molecule has 0 spiro atoms. The highest BCUT2D eigenvalue weighted by molar-refractivity contribution is 5.63. The standard InChI is InChI=1S/C18H22N2O/c1-12-9-17(20(2)18(21)16(12)11-19)15-8-7-13-5-3-4-6-14(13)10-15/h7-10H,3-6,11,19H2,1-2H3. The van der Waals surface area contributed by atoms with Gasteiger partial charge in [0.1, 0.15) is 0 Å². The predicted molar refractivity (Wildman–Crippen MR) is 86.4 cm³/mol. The number of fused-ring (bicyclic) bond motifs is 1. The van der Waals surface area contributed by atoms with Crippen LogP contribution in [0.25, 0.3) is 11.3 Å². The Morgan fingerprint density at radius 1 is 1.14 bits per heavy atom. The summed E-state index contributed by atoms with van der Waals surface area (Å²) in [5.41, 5.74) is 12.4. The molecule has 0 radical (unpaired) electrons. The second kappa shape index (κ2) is 5.49. The van der Waals surface area contributed by atoms with Gasteiger partial charge in [-0.2, -0.15) is 0 Å². The quantitative estimate of drug-likeness (QED) is 0.920. The van der Waals surface area contributed by atoms with Gasteiger partial charge in [0.05, 0.1) is 5.69 Å². The van der Waals surface area contributed by atoms with Crippen molar-refractivity contribution >= 4 is 0 Å². The maximum atomic E-state index is 12.4. The summed E-state index contributed by atoms with van der Waals surface area (Å²) in [7, 11) is 1.83. The molecule has 1 aromatic carbocycles. The molecule has 2 aromatic rings. The fourth-order valence-electron chi connectivity index (χ4n) is 3.29. The van der Waals surface area contributed by atoms with Crippen molar-refractivity contribution in [3.05, 3.63) is 56.9 Å². The molecule has 0 saturated heterocycles. The van der Waals surface area contributed by atoms with Gasteiger partial charge in [0.25, 0.3) is 5.56 Å². The molecule has 0 amide bonds. The van der Waals surface area contributed by atoms with Crippen molar-refractivity contribution in [3.8, 4) is 11.3 Å². The fraction of sp³-hybridized carbons (Fsp3) is 0.389. The molecule has 1 heterocycles. The van der Waals surface area contributed by atoms with Gasteiger partial charge in [0.15, 0.2) is 0 Å². The van der Waals surface area contributed by atoms with Gasteiger partial charge in [-0.15, -0.1) is 0 Å². The Bertz CT molecular complexity index is 744. The molecule has 3 heteroatoms. The van der Waals surface area contributed by atoms with Crippen molar-refractivity contribution in [1.82, 2.24) is 4.57 Å². The normalized spacial score (nSPS) is 14.0. The number of aryl methyl sites for hydroxylation is 3. The van der Waals surface area contributed by atoms with E-state index in [4.69, 9.17) is 5.73 Å². The Morgan fingerprint density at radius 3 is 2.57 bits per heavy atom. The van der Waals surface area contributed by atoms with Crippen LogP contribution >= 0.6 is 0 Å². The van der Waals surface area contributed by atoms with Crippen LogP contribution in [0.5, 0.6) is 0 Å². The monoisotopic (exact) mass is 282 g/mol. The van der Waals surface area contributed by atoms with Crippen molar-refractivity contribution < 1.29 is 0 Å². The highest BCUT2D eigenvalue weighted by atomic mass is 16.1. The first-order valence-corrected chi connectivity index (χ1v) is 7.63. The van der Waals surface area contributed by atoms with Gasteiger partial charge in [-0.05, 0) is 67.0 Å². The van der Waals surface area contributed by atoms with Crippen molar-refractivity contribution in [1.29, 1.82) is 0 Å². The molecule has 1 aliphatic carbocycles. The molecule has 1 aliphatic rings. The first-order valence-electron chi connectivity index (χ1n) is 7.63. The Kier molecular flexibility index (Phi) is 3.68. The van der Waals surface area contributed by atoms with Crippen LogP contribution in [0.15, 0.2) is 29.1 Å². The molecule has 0 unspecified atom stereocenters. The van der Waals surface area contributed by atoms with Crippen LogP contribution in [-0.4, -0.2) is 4.57 Å². The first kappa shape index (κ1) is 14.1. The van der Waals surface area contributed by atoms with E-state index in [1.54, 1.807) is 4.57 Å². The van der Waals surface area contributed by atoms with Gasteiger partial charge in [-0.3, -0.25) is 4.79 Å². The number of hydrogen-bond donors (Lipinski definition) is 1. The maximum Gasteiger partial charge on any atom is 0.255 e. The lowest BCUT2D eigenvalue weighted by Crippen LogP contribution is -2.25. The summed E-state index contributed by atoms with van der Waals surface area (Å²) in [6.45, 7) is 2.26. The lowest BCUT2D eigenvalue weighted by atomic mass is 9.89. The molecular formula is C18H22N2O. The third-order valence-corrected chi connectivity index (χ3v) is 4.60. The number of aromatic nitrogens is 1. The zero-order chi connectivity index (χ0) is 15.0. The van der Waals surface area contributed by atoms with Crippen LogP contribution in [-0.2, 0) is 26.4 Å². The Morgan fingerprint density at radius 2 is 1.86 bits per heavy atom. The largest absolute Gasteiger partial charge is 0.326 e. The summed E-state index contributed by atoms with van der Waals surface area (Å²) in [5, 5.41) is 0. The van der Waals surface area contributed by atoms with Crippen molar-refractivity contribution in [2.45, 2.75) is 39.2 Å². The summed E-state index contributed by atoms with van der Waals surface area (Å²) in [6, 6.07) is 8.69. The minimum Gasteiger partial charge on any atom is -0.326 e. The molecule has 0 saturated carbocycles. The molecule has 0 aliphatic heterocycles. The number of nitrogens with two attached hydrogens (primary N) is 1. The average molecular weight is 282 g/mol. The summed E-state index contributed by atoms with van der Waals surface area (Å²) < 4.78 is 1.72. The van der Waals surface area contributed by atoms with Crippen LogP contribution in [0.3, 0.4) is 0 Å². The Labute approximate surface area is 125 Å². The van der Waals surface area contributed by atoms with E-state index >= 15 is 0 Å². The molecule has 3 rings (SSSR count). The molecule has 3 nitrogen and oxygen atoms in total. The zero-order valence-electron chi connectivity index (χ0n) is 12.8. The highest BCUT2D eigenvalue weighted by Crippen LogP contribution is 2.27. The molecule has 0 bridgehead atoms. The fourth-order valence-corrected chi connectivity index (χ4v) is 3.29. The van der Waals surface area contributed by atoms with E-state index in [-0.39, 0.29) is 5.56 Å². The van der Waals surface area contributed by atoms with Gasteiger partial charge in [0, 0.05) is 19.2 Å². The van der Waals surface area contributed by atoms with Gasteiger partial charge in [-0.1, -0.05) is 12.1 Å². The van der Waals surface area contributed by atoms with Crippen LogP contribution in [0, 0.1) is 6.92 Å². The molecule has 110 valence electrons. The summed E-state index contributed by atoms with van der Waals surface area (Å²) in [6.07, 6.45) is 4.88. The number of pyridine rings is 1. The van der Waals surface area contributed by atoms with Gasteiger partial charge in [-0.25, -0.2) is 0 Å². The van der Waals surface area contributed by atoms with E-state index in [0.717, 1.165) is 23.2 Å². The van der Waals surface area contributed by atoms with Crippen molar-refractivity contribution in [2.24, 2.45) is 12.8 Å². The molecule has 1 aromatic heterocycles. The molecule has 2 N–H and O–H groups in total. The highest BCUT2D eigenvalue weighted by Gasteiger charge is 2.13. The minimum absolute atomic E-state index is 0.0187. The number of nitrogens with zero attached hydrogens (tertiary/aromatic N) is 1. The molecular weight excluding hydrogens is 260 g/mol. The number of rotatable bonds is 2. The van der Waals surface area contributed by atoms with Gasteiger partial charge in [0.2, 0.25) is 0 Å². The Balaban J connectivity index is 2.15. The predicted octanol–water partition coefficient (Wildman–Crippen LogP) is 2.70. The minimum atomic E-state index is 0.0187. The van der Waals surface area contributed by atoms with Crippen LogP contribution in [0.1, 0.15) is 35.1 Å². The molecule has 0 fully saturated rings. The third kappa shape index (κ3) is 2.42. The van der Waals surface area contributed by atoms with Crippen LogP contribution < -0.4 is 11.3 Å². The van der Waals surface area contributed by atoms with E-state index < -0.39 is 0 Å². The SMILES string of the molecule is Cc1cc(-c2ccc3c(c2)CCCC3)n(C)c(=O)c1CN. The molecule has 21 heavy (non-hydrogen) atoms. The zero-order valence-corrected chi connectivity index (χ0v) is 12.8. The lowest BCUT2D eigenvalue weighted by Gasteiger charge is -2.18. The molecule has 0 atom stereocenters. The van der Waals surface area contributed by atoms with Gasteiger partial charge < -0.3 is 10.3 Å². The van der Waals surface area contributed by atoms with E-state index in [2.05, 4.69) is 24.3 Å². The lowest BCUT2D eigenvalue weighted by molar-refractivity contribution is 0.685. The van der Waals surface area contributed by atoms with Crippen molar-refractivity contribution in [2.75, 3.05) is 0 Å². The second-order valence-corrected chi connectivity index (χ2v) is 5.95.